The van der Waals surface area contributed by atoms with Crippen molar-refractivity contribution in [3.05, 3.63) is 70.6 Å². The van der Waals surface area contributed by atoms with Crippen molar-refractivity contribution in [2.75, 3.05) is 25.0 Å². The van der Waals surface area contributed by atoms with E-state index < -0.39 is 39.2 Å². The number of nitrogens with two attached hydrogens (primary N) is 1. The molecule has 4 rings (SSSR count). The van der Waals surface area contributed by atoms with Crippen LogP contribution in [0.1, 0.15) is 11.3 Å². The normalized spacial score (nSPS) is 16.8. The molecule has 0 unspecified atom stereocenters. The molecule has 3 aromatic rings. The van der Waals surface area contributed by atoms with E-state index in [1.165, 1.54) is 42.5 Å². The molecule has 3 N–H and O–H groups in total. The van der Waals surface area contributed by atoms with E-state index in [9.17, 15) is 34.8 Å². The lowest BCUT2D eigenvalue weighted by molar-refractivity contribution is -0.290. The van der Waals surface area contributed by atoms with Gasteiger partial charge in [0.1, 0.15) is 11.5 Å². The van der Waals surface area contributed by atoms with Crippen molar-refractivity contribution in [2.24, 2.45) is 5.14 Å². The molecule has 14 heteroatoms. The smallest absolute Gasteiger partial charge is 0.383 e. The predicted octanol–water partition coefficient (Wildman–Crippen LogP) is 4.55. The second kappa shape index (κ2) is 8.50. The number of rotatable bonds is 6. The summed E-state index contributed by atoms with van der Waals surface area (Å²) in [6.45, 7) is -0.354. The summed E-state index contributed by atoms with van der Waals surface area (Å²) in [5.74, 6) is -5.76. The van der Waals surface area contributed by atoms with Crippen LogP contribution in [0, 0.1) is 5.82 Å². The molecule has 0 spiro atoms. The van der Waals surface area contributed by atoms with Gasteiger partial charge in [-0.25, -0.2) is 14.5 Å². The minimum atomic E-state index is -5.88. The average molecular weight is 539 g/mol. The standard InChI is InChI=1S/C21H17ClF6N4O2S/c22-13-3-6-16-15(7-13)17(8-18(31-16)20(24,25)21(26,27)28)30-9-19(10-32(11-19)35(29,33)34)12-1-4-14(23)5-2-12/h1-8H,9-11H2,(H,30,31)(H2,29,33,34). The Morgan fingerprint density at radius 1 is 1.06 bits per heavy atom. The third kappa shape index (κ3) is 4.77. The van der Waals surface area contributed by atoms with Crippen molar-refractivity contribution in [3.63, 3.8) is 0 Å². The first-order valence-electron chi connectivity index (χ1n) is 9.96. The number of hydrogen-bond donors (Lipinski definition) is 2. The summed E-state index contributed by atoms with van der Waals surface area (Å²) in [6.07, 6.45) is -5.88. The highest BCUT2D eigenvalue weighted by Crippen LogP contribution is 2.45. The maximum Gasteiger partial charge on any atom is 0.459 e. The number of hydrogen-bond acceptors (Lipinski definition) is 4. The topological polar surface area (TPSA) is 88.3 Å². The minimum Gasteiger partial charge on any atom is -0.383 e. The van der Waals surface area contributed by atoms with Crippen LogP contribution in [0.25, 0.3) is 10.9 Å². The second-order valence-electron chi connectivity index (χ2n) is 8.24. The lowest BCUT2D eigenvalue weighted by atomic mass is 9.75. The Balaban J connectivity index is 1.75. The zero-order chi connectivity index (χ0) is 25.8. The molecule has 1 aromatic heterocycles. The molecular formula is C21H17ClF6N4O2S. The fraction of sp³-hybridized carbons (Fsp3) is 0.286. The molecule has 0 radical (unpaired) electrons. The van der Waals surface area contributed by atoms with Crippen molar-refractivity contribution in [1.82, 2.24) is 9.29 Å². The molecule has 0 bridgehead atoms. The Kier molecular flexibility index (Phi) is 6.19. The molecule has 1 fully saturated rings. The first-order valence-corrected chi connectivity index (χ1v) is 11.8. The molecule has 0 amide bonds. The number of alkyl halides is 5. The fourth-order valence-electron chi connectivity index (χ4n) is 3.92. The van der Waals surface area contributed by atoms with Gasteiger partial charge in [-0.1, -0.05) is 23.7 Å². The van der Waals surface area contributed by atoms with E-state index in [2.05, 4.69) is 10.3 Å². The summed E-state index contributed by atoms with van der Waals surface area (Å²) < 4.78 is 105. The van der Waals surface area contributed by atoms with Crippen LogP contribution in [0.4, 0.5) is 32.0 Å². The van der Waals surface area contributed by atoms with Crippen LogP contribution in [-0.2, 0) is 21.5 Å². The number of aromatic nitrogens is 1. The maximum absolute atomic E-state index is 14.1. The molecule has 0 atom stereocenters. The predicted molar refractivity (Wildman–Crippen MR) is 118 cm³/mol. The number of benzene rings is 2. The Morgan fingerprint density at radius 3 is 2.26 bits per heavy atom. The van der Waals surface area contributed by atoms with Crippen molar-refractivity contribution in [3.8, 4) is 0 Å². The zero-order valence-corrected chi connectivity index (χ0v) is 19.2. The van der Waals surface area contributed by atoms with Crippen LogP contribution < -0.4 is 10.5 Å². The number of pyridine rings is 1. The van der Waals surface area contributed by atoms with E-state index >= 15 is 0 Å². The van der Waals surface area contributed by atoms with Gasteiger partial charge in [-0.2, -0.15) is 34.7 Å². The quantitative estimate of drug-likeness (QED) is 0.451. The van der Waals surface area contributed by atoms with E-state index in [4.69, 9.17) is 16.7 Å². The lowest BCUT2D eigenvalue weighted by Crippen LogP contribution is -2.65. The van der Waals surface area contributed by atoms with Crippen LogP contribution in [-0.4, -0.2) is 43.5 Å². The average Bonchev–Trinajstić information content (AvgIpc) is 2.72. The van der Waals surface area contributed by atoms with E-state index in [1.54, 1.807) is 0 Å². The summed E-state index contributed by atoms with van der Waals surface area (Å²) in [6, 6.07) is 9.64. The third-order valence-electron chi connectivity index (χ3n) is 5.84. The number of nitrogens with zero attached hydrogens (tertiary/aromatic N) is 2. The molecule has 1 saturated heterocycles. The summed E-state index contributed by atoms with van der Waals surface area (Å²) in [5.41, 5.74) is -2.25. The first kappa shape index (κ1) is 25.5. The van der Waals surface area contributed by atoms with Crippen LogP contribution in [0.3, 0.4) is 0 Å². The SMILES string of the molecule is NS(=O)(=O)N1CC(CNc2cc(C(F)(F)C(F)(F)F)nc3ccc(Cl)cc23)(c2ccc(F)cc2)C1. The molecular weight excluding hydrogens is 522 g/mol. The highest BCUT2D eigenvalue weighted by molar-refractivity contribution is 7.86. The lowest BCUT2D eigenvalue weighted by Gasteiger charge is -2.49. The van der Waals surface area contributed by atoms with Gasteiger partial charge in [-0.3, -0.25) is 0 Å². The molecule has 1 aliphatic rings. The van der Waals surface area contributed by atoms with Gasteiger partial charge < -0.3 is 5.32 Å². The van der Waals surface area contributed by atoms with Gasteiger partial charge in [0, 0.05) is 41.1 Å². The van der Waals surface area contributed by atoms with Gasteiger partial charge in [0.2, 0.25) is 0 Å². The van der Waals surface area contributed by atoms with E-state index in [0.29, 0.717) is 11.6 Å². The Labute approximate surface area is 200 Å². The van der Waals surface area contributed by atoms with Crippen molar-refractivity contribution >= 4 is 38.4 Å². The second-order valence-corrected chi connectivity index (χ2v) is 10.2. The van der Waals surface area contributed by atoms with Gasteiger partial charge in [0.25, 0.3) is 10.2 Å². The molecule has 35 heavy (non-hydrogen) atoms. The fourth-order valence-corrected chi connectivity index (χ4v) is 4.95. The van der Waals surface area contributed by atoms with Crippen LogP contribution in [0.5, 0.6) is 0 Å². The van der Waals surface area contributed by atoms with Gasteiger partial charge in [-0.15, -0.1) is 0 Å². The number of nitrogens with one attached hydrogen (secondary N) is 1. The van der Waals surface area contributed by atoms with Crippen LogP contribution in [0.2, 0.25) is 5.02 Å². The molecule has 6 nitrogen and oxygen atoms in total. The van der Waals surface area contributed by atoms with Gasteiger partial charge in [0.05, 0.1) is 5.52 Å². The molecule has 0 aliphatic carbocycles. The van der Waals surface area contributed by atoms with E-state index in [0.717, 1.165) is 4.31 Å². The highest BCUT2D eigenvalue weighted by atomic mass is 35.5. The Hall–Kier alpha value is -2.61. The van der Waals surface area contributed by atoms with Crippen molar-refractivity contribution in [1.29, 1.82) is 0 Å². The minimum absolute atomic E-state index is 0.104. The third-order valence-corrected chi connectivity index (χ3v) is 7.05. The number of fused-ring (bicyclic) bond motifs is 1. The summed E-state index contributed by atoms with van der Waals surface area (Å²) in [5, 5.41) is 8.39. The van der Waals surface area contributed by atoms with Crippen LogP contribution in [0.15, 0.2) is 48.5 Å². The molecule has 2 heterocycles. The van der Waals surface area contributed by atoms with Crippen LogP contribution >= 0.6 is 11.6 Å². The van der Waals surface area contributed by atoms with Crippen molar-refractivity contribution in [2.45, 2.75) is 17.5 Å². The monoisotopic (exact) mass is 538 g/mol. The van der Waals surface area contributed by atoms with Gasteiger partial charge >= 0.3 is 12.1 Å². The Bertz CT molecular complexity index is 1380. The summed E-state index contributed by atoms with van der Waals surface area (Å²) in [7, 11) is -4.04. The molecule has 188 valence electrons. The largest absolute Gasteiger partial charge is 0.459 e. The van der Waals surface area contributed by atoms with E-state index in [-0.39, 0.29) is 41.2 Å². The first-order chi connectivity index (χ1) is 16.1. The number of halogens is 7. The molecule has 0 saturated carbocycles. The Morgan fingerprint density at radius 2 is 1.69 bits per heavy atom. The summed E-state index contributed by atoms with van der Waals surface area (Å²) in [4.78, 5) is 3.49. The summed E-state index contributed by atoms with van der Waals surface area (Å²) >= 11 is 6.00. The maximum atomic E-state index is 14.1. The zero-order valence-electron chi connectivity index (χ0n) is 17.6. The van der Waals surface area contributed by atoms with E-state index in [1.807, 2.05) is 0 Å². The molecule has 2 aromatic carbocycles. The highest BCUT2D eigenvalue weighted by Gasteiger charge is 2.60. The van der Waals surface area contributed by atoms with Gasteiger partial charge in [-0.05, 0) is 42.0 Å². The van der Waals surface area contributed by atoms with Gasteiger partial charge in [0.15, 0.2) is 0 Å². The molecule has 1 aliphatic heterocycles. The van der Waals surface area contributed by atoms with Crippen molar-refractivity contribution < 1.29 is 34.8 Å². The number of anilines is 1.